The van der Waals surface area contributed by atoms with Gasteiger partial charge in [-0.15, -0.1) is 0 Å². The average Bonchev–Trinajstić information content (AvgIpc) is 3.41. The van der Waals surface area contributed by atoms with Gasteiger partial charge < -0.3 is 4.90 Å². The van der Waals surface area contributed by atoms with Crippen LogP contribution >= 0.6 is 0 Å². The summed E-state index contributed by atoms with van der Waals surface area (Å²) in [5.74, 6) is -0.247. The number of nitrogens with one attached hydrogen (secondary N) is 1. The number of amides is 1. The Balaban J connectivity index is 1.47. The van der Waals surface area contributed by atoms with E-state index in [1.807, 2.05) is 24.0 Å². The molecule has 1 atom stereocenters. The molecule has 3 heterocycles. The number of hydrogen-bond acceptors (Lipinski definition) is 3. The van der Waals surface area contributed by atoms with Gasteiger partial charge in [0.05, 0.1) is 11.7 Å². The molecule has 1 N–H and O–H groups in total. The van der Waals surface area contributed by atoms with E-state index in [4.69, 9.17) is 4.98 Å². The third-order valence-electron chi connectivity index (χ3n) is 6.26. The van der Waals surface area contributed by atoms with Crippen molar-refractivity contribution in [2.75, 3.05) is 6.54 Å². The van der Waals surface area contributed by atoms with Crippen LogP contribution in [0.2, 0.25) is 0 Å². The van der Waals surface area contributed by atoms with Crippen LogP contribution in [0.25, 0.3) is 11.1 Å². The molecule has 0 saturated carbocycles. The Morgan fingerprint density at radius 2 is 1.90 bits per heavy atom. The molecule has 1 aliphatic carbocycles. The number of aryl methyl sites for hydroxylation is 2. The number of benzene rings is 1. The normalized spacial score (nSPS) is 18.5. The number of aromatic amines is 1. The molecule has 1 amide bonds. The van der Waals surface area contributed by atoms with Crippen molar-refractivity contribution in [1.29, 1.82) is 0 Å². The van der Waals surface area contributed by atoms with Gasteiger partial charge >= 0.3 is 0 Å². The van der Waals surface area contributed by atoms with Gasteiger partial charge in [-0.3, -0.25) is 14.9 Å². The fourth-order valence-corrected chi connectivity index (χ4v) is 4.79. The van der Waals surface area contributed by atoms with E-state index in [0.717, 1.165) is 72.3 Å². The van der Waals surface area contributed by atoms with E-state index in [1.54, 1.807) is 12.1 Å². The van der Waals surface area contributed by atoms with E-state index in [0.29, 0.717) is 12.2 Å². The molecule has 0 radical (unpaired) electrons. The molecule has 30 heavy (non-hydrogen) atoms. The van der Waals surface area contributed by atoms with Gasteiger partial charge in [-0.2, -0.15) is 5.10 Å². The minimum absolute atomic E-state index is 0.00328. The Labute approximate surface area is 175 Å². The molecular weight excluding hydrogens is 379 g/mol. The maximum Gasteiger partial charge on any atom is 0.275 e. The second-order valence-electron chi connectivity index (χ2n) is 8.32. The van der Waals surface area contributed by atoms with Crippen LogP contribution in [0.4, 0.5) is 4.39 Å². The lowest BCUT2D eigenvalue weighted by Gasteiger charge is -2.25. The van der Waals surface area contributed by atoms with Crippen molar-refractivity contribution in [3.05, 3.63) is 70.6 Å². The highest BCUT2D eigenvalue weighted by Crippen LogP contribution is 2.35. The number of fused-ring (bicyclic) bond motifs is 1. The third-order valence-corrected chi connectivity index (χ3v) is 6.26. The number of likely N-dealkylation sites (tertiary alicyclic amines) is 1. The molecule has 154 valence electrons. The predicted molar refractivity (Wildman–Crippen MR) is 113 cm³/mol. The first-order valence-electron chi connectivity index (χ1n) is 10.7. The van der Waals surface area contributed by atoms with Gasteiger partial charge in [-0.05, 0) is 80.8 Å². The first-order valence-corrected chi connectivity index (χ1v) is 10.7. The van der Waals surface area contributed by atoms with Crippen LogP contribution < -0.4 is 0 Å². The second-order valence-corrected chi connectivity index (χ2v) is 8.32. The zero-order valence-corrected chi connectivity index (χ0v) is 17.1. The van der Waals surface area contributed by atoms with Crippen molar-refractivity contribution in [2.24, 2.45) is 0 Å². The van der Waals surface area contributed by atoms with Gasteiger partial charge in [0.15, 0.2) is 5.69 Å². The number of halogens is 1. The summed E-state index contributed by atoms with van der Waals surface area (Å²) >= 11 is 0. The first kappa shape index (κ1) is 19.0. The van der Waals surface area contributed by atoms with Crippen LogP contribution in [0.5, 0.6) is 0 Å². The summed E-state index contributed by atoms with van der Waals surface area (Å²) in [6, 6.07) is 10.5. The molecule has 0 bridgehead atoms. The Morgan fingerprint density at radius 1 is 1.10 bits per heavy atom. The van der Waals surface area contributed by atoms with Crippen molar-refractivity contribution in [2.45, 2.75) is 51.5 Å². The zero-order valence-electron chi connectivity index (χ0n) is 17.1. The van der Waals surface area contributed by atoms with Crippen molar-refractivity contribution in [1.82, 2.24) is 20.1 Å². The van der Waals surface area contributed by atoms with Crippen LogP contribution in [-0.4, -0.2) is 32.5 Å². The maximum atomic E-state index is 13.4. The molecule has 2 aromatic heterocycles. The number of carbonyl (C=O) groups excluding carboxylic acids is 1. The lowest BCUT2D eigenvalue weighted by molar-refractivity contribution is 0.0725. The minimum Gasteiger partial charge on any atom is -0.329 e. The summed E-state index contributed by atoms with van der Waals surface area (Å²) in [6.07, 6.45) is 5.98. The van der Waals surface area contributed by atoms with E-state index >= 15 is 0 Å². The molecule has 1 saturated heterocycles. The Hall–Kier alpha value is -3.02. The standard InChI is InChI=1S/C24H25FN4O/c1-15-13-17(16-8-10-18(25)11-9-16)14-21(26-15)22-7-4-12-29(22)24(30)23-19-5-2-3-6-20(19)27-28-23/h8-11,13-14,22H,2-7,12H2,1H3,(H,27,28)/t22-/m1/s1. The van der Waals surface area contributed by atoms with Gasteiger partial charge in [-0.1, -0.05) is 12.1 Å². The van der Waals surface area contributed by atoms with E-state index in [-0.39, 0.29) is 17.8 Å². The number of carbonyl (C=O) groups is 1. The summed E-state index contributed by atoms with van der Waals surface area (Å²) in [7, 11) is 0. The van der Waals surface area contributed by atoms with Gasteiger partial charge in [0.1, 0.15) is 5.82 Å². The largest absolute Gasteiger partial charge is 0.329 e. The molecule has 0 unspecified atom stereocenters. The Kier molecular flexibility index (Phi) is 4.85. The average molecular weight is 404 g/mol. The number of aromatic nitrogens is 3. The van der Waals surface area contributed by atoms with Crippen LogP contribution in [0.3, 0.4) is 0 Å². The number of H-pyrrole nitrogens is 1. The van der Waals surface area contributed by atoms with E-state index in [1.165, 1.54) is 12.1 Å². The van der Waals surface area contributed by atoms with Crippen molar-refractivity contribution < 1.29 is 9.18 Å². The van der Waals surface area contributed by atoms with Crippen molar-refractivity contribution >= 4 is 5.91 Å². The summed E-state index contributed by atoms with van der Waals surface area (Å²) in [6.45, 7) is 2.67. The number of hydrogen-bond donors (Lipinski definition) is 1. The molecule has 0 spiro atoms. The molecule has 2 aliphatic rings. The fourth-order valence-electron chi connectivity index (χ4n) is 4.79. The highest BCUT2D eigenvalue weighted by molar-refractivity contribution is 5.94. The van der Waals surface area contributed by atoms with Gasteiger partial charge in [-0.25, -0.2) is 4.39 Å². The molecule has 3 aromatic rings. The summed E-state index contributed by atoms with van der Waals surface area (Å²) < 4.78 is 13.3. The molecule has 6 heteroatoms. The van der Waals surface area contributed by atoms with Crippen LogP contribution in [0.1, 0.15) is 64.9 Å². The predicted octanol–water partition coefficient (Wildman–Crippen LogP) is 4.78. The molecular formula is C24H25FN4O. The smallest absolute Gasteiger partial charge is 0.275 e. The highest BCUT2D eigenvalue weighted by atomic mass is 19.1. The molecule has 1 aliphatic heterocycles. The number of nitrogens with zero attached hydrogens (tertiary/aromatic N) is 3. The Bertz CT molecular complexity index is 1090. The summed E-state index contributed by atoms with van der Waals surface area (Å²) in [5, 5.41) is 7.47. The minimum atomic E-state index is -0.250. The lowest BCUT2D eigenvalue weighted by Crippen LogP contribution is -2.32. The zero-order chi connectivity index (χ0) is 20.7. The maximum absolute atomic E-state index is 13.4. The molecule has 1 fully saturated rings. The van der Waals surface area contributed by atoms with Crippen LogP contribution in [-0.2, 0) is 12.8 Å². The molecule has 5 nitrogen and oxygen atoms in total. The summed E-state index contributed by atoms with van der Waals surface area (Å²) in [5.41, 5.74) is 6.53. The van der Waals surface area contributed by atoms with Gasteiger partial charge in [0.2, 0.25) is 0 Å². The van der Waals surface area contributed by atoms with Crippen LogP contribution in [0, 0.1) is 12.7 Å². The fraction of sp³-hybridized carbons (Fsp3) is 0.375. The summed E-state index contributed by atoms with van der Waals surface area (Å²) in [4.78, 5) is 20.1. The van der Waals surface area contributed by atoms with E-state index in [9.17, 15) is 9.18 Å². The molecule has 1 aromatic carbocycles. The lowest BCUT2D eigenvalue weighted by atomic mass is 9.95. The monoisotopic (exact) mass is 404 g/mol. The number of pyridine rings is 1. The second kappa shape index (κ2) is 7.67. The first-order chi connectivity index (χ1) is 14.6. The Morgan fingerprint density at radius 3 is 2.73 bits per heavy atom. The topological polar surface area (TPSA) is 61.9 Å². The molecule has 5 rings (SSSR count). The third kappa shape index (κ3) is 3.40. The van der Waals surface area contributed by atoms with Crippen molar-refractivity contribution in [3.8, 4) is 11.1 Å². The van der Waals surface area contributed by atoms with Crippen molar-refractivity contribution in [3.63, 3.8) is 0 Å². The number of rotatable bonds is 3. The van der Waals surface area contributed by atoms with Gasteiger partial charge in [0, 0.05) is 23.5 Å². The SMILES string of the molecule is Cc1cc(-c2ccc(F)cc2)cc([C@H]2CCCN2C(=O)c2n[nH]c3c2CCCC3)n1. The van der Waals surface area contributed by atoms with E-state index < -0.39 is 0 Å². The quantitative estimate of drug-likeness (QED) is 0.684. The highest BCUT2D eigenvalue weighted by Gasteiger charge is 2.34. The van der Waals surface area contributed by atoms with Gasteiger partial charge in [0.25, 0.3) is 5.91 Å². The van der Waals surface area contributed by atoms with Crippen LogP contribution in [0.15, 0.2) is 36.4 Å². The van der Waals surface area contributed by atoms with E-state index in [2.05, 4.69) is 10.2 Å².